The minimum atomic E-state index is -2.55. The number of fused-ring (bicyclic) bond motifs is 1. The first kappa shape index (κ1) is 28.4. The van der Waals surface area contributed by atoms with Gasteiger partial charge in [0.2, 0.25) is 5.95 Å². The topological polar surface area (TPSA) is 157 Å². The van der Waals surface area contributed by atoms with Gasteiger partial charge in [-0.2, -0.15) is 14.8 Å². The Morgan fingerprint density at radius 3 is 2.78 bits per heavy atom. The van der Waals surface area contributed by atoms with E-state index >= 15 is 0 Å². The zero-order valence-corrected chi connectivity index (χ0v) is 23.2. The summed E-state index contributed by atoms with van der Waals surface area (Å²) in [7, 11) is 3.02. The van der Waals surface area contributed by atoms with Gasteiger partial charge in [-0.05, 0) is 31.4 Å². The number of halogens is 3. The lowest BCUT2D eigenvalue weighted by atomic mass is 9.98. The molecular formula is C25H30ClF2N11O2. The molecule has 218 valence electrons. The predicted molar refractivity (Wildman–Crippen MR) is 150 cm³/mol. The van der Waals surface area contributed by atoms with Crippen molar-refractivity contribution in [3.63, 3.8) is 0 Å². The van der Waals surface area contributed by atoms with Crippen LogP contribution in [0.15, 0.2) is 18.3 Å². The van der Waals surface area contributed by atoms with E-state index < -0.39 is 31.1 Å². The quantitative estimate of drug-likeness (QED) is 0.237. The molecule has 3 aromatic rings. The largest absolute Gasteiger partial charge is 0.453 e. The lowest BCUT2D eigenvalue weighted by Gasteiger charge is -2.40. The summed E-state index contributed by atoms with van der Waals surface area (Å²) in [6.07, 6.45) is 0.762. The standard InChI is InChI=1S/C25H30ClF2N11O2/c1-30-14-7-17(34-24-36-22(33-13-3-4-13)23-32-10-15(9-29)39(23)37-24)21(26)19(8-14)38-6-5-16(35-25(40)41-2)18(12-38)31-11-20(27)28/h7-8,10,13,16,18,20,30-31H,3-6,11-12H2,1-2H3,(H,35,40)(H2,33,34,36,37)/t16-,18+/m0/s1. The van der Waals surface area contributed by atoms with Crippen molar-refractivity contribution in [2.24, 2.45) is 0 Å². The number of hydrogen-bond acceptors (Lipinski definition) is 11. The molecule has 3 heterocycles. The number of rotatable bonds is 10. The fourth-order valence-corrected chi connectivity index (χ4v) is 5.00. The second-order valence-electron chi connectivity index (χ2n) is 9.81. The van der Waals surface area contributed by atoms with Crippen LogP contribution in [-0.4, -0.2) is 84.0 Å². The van der Waals surface area contributed by atoms with Crippen molar-refractivity contribution in [3.05, 3.63) is 29.0 Å². The molecule has 1 saturated carbocycles. The highest BCUT2D eigenvalue weighted by Crippen LogP contribution is 2.39. The van der Waals surface area contributed by atoms with Gasteiger partial charge in [-0.25, -0.2) is 18.6 Å². The van der Waals surface area contributed by atoms with Gasteiger partial charge in [0.1, 0.15) is 6.07 Å². The van der Waals surface area contributed by atoms with Crippen molar-refractivity contribution in [1.29, 1.82) is 5.26 Å². The van der Waals surface area contributed by atoms with Crippen LogP contribution < -0.4 is 31.5 Å². The van der Waals surface area contributed by atoms with E-state index in [9.17, 15) is 18.8 Å². The highest BCUT2D eigenvalue weighted by molar-refractivity contribution is 6.36. The molecule has 5 rings (SSSR count). The fraction of sp³-hybridized carbons (Fsp3) is 0.480. The van der Waals surface area contributed by atoms with Gasteiger partial charge in [0.25, 0.3) is 6.43 Å². The van der Waals surface area contributed by atoms with Gasteiger partial charge in [-0.3, -0.25) is 0 Å². The molecule has 0 unspecified atom stereocenters. The molecule has 0 bridgehead atoms. The molecule has 2 atom stereocenters. The molecule has 2 fully saturated rings. The maximum atomic E-state index is 13.0. The number of hydrogen-bond donors (Lipinski definition) is 5. The number of aromatic nitrogens is 4. The summed E-state index contributed by atoms with van der Waals surface area (Å²) < 4.78 is 32.2. The molecule has 16 heteroatoms. The number of methoxy groups -OCH3 is 1. The highest BCUT2D eigenvalue weighted by Gasteiger charge is 2.32. The third-order valence-corrected chi connectivity index (χ3v) is 7.36. The highest BCUT2D eigenvalue weighted by atomic mass is 35.5. The molecule has 0 spiro atoms. The van der Waals surface area contributed by atoms with Gasteiger partial charge >= 0.3 is 6.09 Å². The Kier molecular flexibility index (Phi) is 8.41. The SMILES string of the molecule is CNc1cc(Nc2nc(NC3CC3)c3ncc(C#N)n3n2)c(Cl)c(N2CC[C@H](NC(=O)OC)[C@H](NCC(F)F)C2)c1. The molecule has 1 aliphatic heterocycles. The summed E-state index contributed by atoms with van der Waals surface area (Å²) in [6, 6.07) is 5.12. The van der Waals surface area contributed by atoms with Gasteiger partial charge in [0, 0.05) is 37.9 Å². The van der Waals surface area contributed by atoms with Crippen molar-refractivity contribution in [2.75, 3.05) is 54.6 Å². The summed E-state index contributed by atoms with van der Waals surface area (Å²) in [5.41, 5.74) is 2.58. The van der Waals surface area contributed by atoms with Crippen molar-refractivity contribution < 1.29 is 18.3 Å². The van der Waals surface area contributed by atoms with E-state index in [0.717, 1.165) is 18.5 Å². The van der Waals surface area contributed by atoms with Crippen LogP contribution in [0.1, 0.15) is 25.0 Å². The number of imidazole rings is 1. The van der Waals surface area contributed by atoms with Gasteiger partial charge < -0.3 is 36.2 Å². The summed E-state index contributed by atoms with van der Waals surface area (Å²) in [5, 5.41) is 29.6. The number of nitrogens with one attached hydrogen (secondary N) is 5. The van der Waals surface area contributed by atoms with Crippen LogP contribution in [0.2, 0.25) is 5.02 Å². The van der Waals surface area contributed by atoms with E-state index in [0.29, 0.717) is 47.4 Å². The van der Waals surface area contributed by atoms with E-state index in [2.05, 4.69) is 47.7 Å². The molecule has 1 aliphatic carbocycles. The lowest BCUT2D eigenvalue weighted by molar-refractivity contribution is 0.133. The number of piperidine rings is 1. The molecule has 1 amide bonds. The Labute approximate surface area is 239 Å². The number of amides is 1. The van der Waals surface area contributed by atoms with Crippen molar-refractivity contribution in [1.82, 2.24) is 30.2 Å². The number of carbonyl (C=O) groups is 1. The summed E-state index contributed by atoms with van der Waals surface area (Å²) >= 11 is 6.92. The second-order valence-corrected chi connectivity index (χ2v) is 10.2. The van der Waals surface area contributed by atoms with E-state index in [4.69, 9.17) is 16.3 Å². The minimum absolute atomic E-state index is 0.203. The van der Waals surface area contributed by atoms with Crippen LogP contribution in [0.5, 0.6) is 0 Å². The maximum absolute atomic E-state index is 13.0. The van der Waals surface area contributed by atoms with Crippen LogP contribution in [0, 0.1) is 11.3 Å². The van der Waals surface area contributed by atoms with Crippen molar-refractivity contribution in [2.45, 2.75) is 43.8 Å². The number of nitriles is 1. The average Bonchev–Trinajstić information content (AvgIpc) is 3.69. The van der Waals surface area contributed by atoms with E-state index in [1.165, 1.54) is 17.8 Å². The number of ether oxygens (including phenoxy) is 1. The molecule has 1 saturated heterocycles. The Balaban J connectivity index is 1.45. The van der Waals surface area contributed by atoms with Gasteiger partial charge in [-0.1, -0.05) is 11.6 Å². The second kappa shape index (κ2) is 12.1. The predicted octanol–water partition coefficient (Wildman–Crippen LogP) is 3.17. The molecule has 2 aromatic heterocycles. The number of alkyl halides is 2. The monoisotopic (exact) mass is 589 g/mol. The molecule has 5 N–H and O–H groups in total. The molecule has 2 aliphatic rings. The van der Waals surface area contributed by atoms with Crippen molar-refractivity contribution >= 4 is 52.2 Å². The third kappa shape index (κ3) is 6.44. The molecule has 0 radical (unpaired) electrons. The fourth-order valence-electron chi connectivity index (χ4n) is 4.72. The van der Waals surface area contributed by atoms with E-state index in [-0.39, 0.29) is 17.7 Å². The Bertz CT molecular complexity index is 1460. The number of alkyl carbamates (subject to hydrolysis) is 1. The Hall–Kier alpha value is -4.16. The summed E-state index contributed by atoms with van der Waals surface area (Å²) in [5.74, 6) is 0.703. The number of anilines is 5. The summed E-state index contributed by atoms with van der Waals surface area (Å²) in [6.45, 7) is 0.267. The third-order valence-electron chi connectivity index (χ3n) is 6.96. The van der Waals surface area contributed by atoms with Gasteiger partial charge in [0.05, 0.1) is 42.3 Å². The lowest BCUT2D eigenvalue weighted by Crippen LogP contribution is -2.60. The first-order chi connectivity index (χ1) is 19.8. The van der Waals surface area contributed by atoms with Gasteiger partial charge in [0.15, 0.2) is 17.2 Å². The zero-order valence-electron chi connectivity index (χ0n) is 22.4. The summed E-state index contributed by atoms with van der Waals surface area (Å²) in [4.78, 5) is 22.7. The van der Waals surface area contributed by atoms with E-state index in [1.807, 2.05) is 11.0 Å². The van der Waals surface area contributed by atoms with Crippen LogP contribution in [0.4, 0.5) is 42.4 Å². The van der Waals surface area contributed by atoms with Crippen LogP contribution in [-0.2, 0) is 4.74 Å². The normalized spacial score (nSPS) is 18.7. The number of benzene rings is 1. The first-order valence-electron chi connectivity index (χ1n) is 13.1. The Morgan fingerprint density at radius 1 is 1.29 bits per heavy atom. The maximum Gasteiger partial charge on any atom is 0.407 e. The zero-order chi connectivity index (χ0) is 29.1. The number of nitrogens with zero attached hydrogens (tertiary/aromatic N) is 6. The number of carbonyl (C=O) groups excluding carboxylic acids is 1. The van der Waals surface area contributed by atoms with Crippen LogP contribution in [0.25, 0.3) is 5.65 Å². The average molecular weight is 590 g/mol. The van der Waals surface area contributed by atoms with Crippen LogP contribution in [0.3, 0.4) is 0 Å². The minimum Gasteiger partial charge on any atom is -0.453 e. The van der Waals surface area contributed by atoms with Crippen LogP contribution >= 0.6 is 11.6 Å². The van der Waals surface area contributed by atoms with Crippen molar-refractivity contribution in [3.8, 4) is 6.07 Å². The molecule has 13 nitrogen and oxygen atoms in total. The Morgan fingerprint density at radius 2 is 2.10 bits per heavy atom. The smallest absolute Gasteiger partial charge is 0.407 e. The van der Waals surface area contributed by atoms with Gasteiger partial charge in [-0.15, -0.1) is 5.10 Å². The molecule has 1 aromatic carbocycles. The first-order valence-corrected chi connectivity index (χ1v) is 13.5. The molecule has 41 heavy (non-hydrogen) atoms. The van der Waals surface area contributed by atoms with E-state index in [1.54, 1.807) is 13.1 Å². The molecular weight excluding hydrogens is 560 g/mol.